The molecule has 3 heterocycles. The van der Waals surface area contributed by atoms with E-state index in [1.54, 1.807) is 8.61 Å². The Bertz CT molecular complexity index is 470. The lowest BCUT2D eigenvalue weighted by atomic mass is 10.0. The Labute approximate surface area is 128 Å². The van der Waals surface area contributed by atoms with Gasteiger partial charge in [-0.3, -0.25) is 4.90 Å². The Balaban J connectivity index is 1.72. The normalized spacial score (nSPS) is 36.8. The smallest absolute Gasteiger partial charge is 0.282 e. The molecule has 0 aromatic heterocycles. The van der Waals surface area contributed by atoms with E-state index in [2.05, 4.69) is 11.9 Å². The second kappa shape index (κ2) is 6.12. The number of nitrogens with zero attached hydrogens (tertiary/aromatic N) is 3. The Morgan fingerprint density at radius 1 is 1.00 bits per heavy atom. The van der Waals surface area contributed by atoms with Crippen molar-refractivity contribution in [3.05, 3.63) is 0 Å². The number of nitrogens with two attached hydrogens (primary N) is 1. The van der Waals surface area contributed by atoms with Crippen LogP contribution in [0.25, 0.3) is 0 Å². The van der Waals surface area contributed by atoms with Crippen LogP contribution in [0.2, 0.25) is 0 Å². The van der Waals surface area contributed by atoms with Gasteiger partial charge in [-0.15, -0.1) is 0 Å². The molecule has 0 aromatic rings. The fourth-order valence-corrected chi connectivity index (χ4v) is 5.86. The van der Waals surface area contributed by atoms with Gasteiger partial charge in [0.2, 0.25) is 0 Å². The molecule has 0 spiro atoms. The summed E-state index contributed by atoms with van der Waals surface area (Å²) < 4.78 is 29.3. The average molecular weight is 316 g/mol. The SMILES string of the molecule is CN1C2CCC1CN(S(=O)(=O)N1CCCC(CN)C1)CC2. The molecule has 3 atom stereocenters. The van der Waals surface area contributed by atoms with Gasteiger partial charge < -0.3 is 5.73 Å². The Hall–Kier alpha value is -0.210. The highest BCUT2D eigenvalue weighted by Gasteiger charge is 2.40. The second-order valence-electron chi connectivity index (χ2n) is 6.81. The second-order valence-corrected chi connectivity index (χ2v) is 8.74. The molecule has 3 aliphatic heterocycles. The van der Waals surface area contributed by atoms with Crippen LogP contribution in [0.1, 0.15) is 32.1 Å². The lowest BCUT2D eigenvalue weighted by molar-refractivity contribution is 0.233. The van der Waals surface area contributed by atoms with Crippen molar-refractivity contribution < 1.29 is 8.42 Å². The van der Waals surface area contributed by atoms with Gasteiger partial charge in [0.25, 0.3) is 10.2 Å². The van der Waals surface area contributed by atoms with E-state index in [4.69, 9.17) is 5.73 Å². The summed E-state index contributed by atoms with van der Waals surface area (Å²) in [5.41, 5.74) is 5.74. The van der Waals surface area contributed by atoms with Gasteiger partial charge in [0.15, 0.2) is 0 Å². The van der Waals surface area contributed by atoms with Crippen LogP contribution in [0.15, 0.2) is 0 Å². The minimum atomic E-state index is -3.31. The van der Waals surface area contributed by atoms with Crippen molar-refractivity contribution in [2.24, 2.45) is 11.7 Å². The van der Waals surface area contributed by atoms with Gasteiger partial charge in [0.1, 0.15) is 0 Å². The average Bonchev–Trinajstić information content (AvgIpc) is 2.71. The van der Waals surface area contributed by atoms with Gasteiger partial charge in [-0.05, 0) is 51.6 Å². The first-order valence-corrected chi connectivity index (χ1v) is 9.59. The summed E-state index contributed by atoms with van der Waals surface area (Å²) in [5.74, 6) is 0.319. The van der Waals surface area contributed by atoms with Crippen molar-refractivity contribution in [3.8, 4) is 0 Å². The third kappa shape index (κ3) is 2.99. The van der Waals surface area contributed by atoms with E-state index in [0.717, 1.165) is 25.7 Å². The first-order valence-electron chi connectivity index (χ1n) is 8.19. The zero-order valence-electron chi connectivity index (χ0n) is 12.9. The van der Waals surface area contributed by atoms with Gasteiger partial charge in [0, 0.05) is 38.3 Å². The van der Waals surface area contributed by atoms with Gasteiger partial charge in [0.05, 0.1) is 0 Å². The highest BCUT2D eigenvalue weighted by molar-refractivity contribution is 7.86. The first kappa shape index (κ1) is 15.7. The van der Waals surface area contributed by atoms with Crippen molar-refractivity contribution in [1.82, 2.24) is 13.5 Å². The molecule has 3 fully saturated rings. The largest absolute Gasteiger partial charge is 0.330 e. The number of rotatable bonds is 3. The minimum Gasteiger partial charge on any atom is -0.330 e. The van der Waals surface area contributed by atoms with Crippen LogP contribution in [-0.2, 0) is 10.2 Å². The molecule has 3 saturated heterocycles. The molecule has 0 radical (unpaired) electrons. The third-order valence-electron chi connectivity index (χ3n) is 5.58. The van der Waals surface area contributed by atoms with Crippen LogP contribution >= 0.6 is 0 Å². The maximum atomic E-state index is 12.9. The van der Waals surface area contributed by atoms with Crippen LogP contribution in [0.4, 0.5) is 0 Å². The predicted molar refractivity (Wildman–Crippen MR) is 83.0 cm³/mol. The van der Waals surface area contributed by atoms with E-state index in [0.29, 0.717) is 50.7 Å². The van der Waals surface area contributed by atoms with Crippen LogP contribution in [0, 0.1) is 5.92 Å². The molecule has 21 heavy (non-hydrogen) atoms. The van der Waals surface area contributed by atoms with Crippen molar-refractivity contribution in [3.63, 3.8) is 0 Å². The van der Waals surface area contributed by atoms with E-state index in [-0.39, 0.29) is 0 Å². The number of hydrogen-bond donors (Lipinski definition) is 1. The van der Waals surface area contributed by atoms with E-state index in [9.17, 15) is 8.42 Å². The summed E-state index contributed by atoms with van der Waals surface area (Å²) in [6, 6.07) is 0.954. The lowest BCUT2D eigenvalue weighted by Gasteiger charge is -2.35. The standard InChI is InChI=1S/C14H28N4O2S/c1-16-13-4-5-14(16)11-18(8-6-13)21(19,20)17-7-2-3-12(9-15)10-17/h12-14H,2-11,15H2,1H3. The van der Waals surface area contributed by atoms with Crippen LogP contribution < -0.4 is 5.73 Å². The topological polar surface area (TPSA) is 69.9 Å². The number of fused-ring (bicyclic) bond motifs is 2. The Morgan fingerprint density at radius 3 is 2.48 bits per heavy atom. The zero-order valence-corrected chi connectivity index (χ0v) is 13.8. The van der Waals surface area contributed by atoms with Crippen LogP contribution in [-0.4, -0.2) is 73.8 Å². The minimum absolute atomic E-state index is 0.319. The molecule has 2 N–H and O–H groups in total. The molecule has 2 bridgehead atoms. The monoisotopic (exact) mass is 316 g/mol. The molecule has 7 heteroatoms. The van der Waals surface area contributed by atoms with Gasteiger partial charge >= 0.3 is 0 Å². The summed E-state index contributed by atoms with van der Waals surface area (Å²) in [6.07, 6.45) is 5.28. The van der Waals surface area contributed by atoms with E-state index in [1.165, 1.54) is 6.42 Å². The molecule has 3 unspecified atom stereocenters. The van der Waals surface area contributed by atoms with E-state index < -0.39 is 10.2 Å². The molecular formula is C14H28N4O2S. The molecule has 0 aliphatic carbocycles. The van der Waals surface area contributed by atoms with Crippen LogP contribution in [0.3, 0.4) is 0 Å². The molecule has 3 rings (SSSR count). The molecule has 6 nitrogen and oxygen atoms in total. The number of likely N-dealkylation sites (N-methyl/N-ethyl adjacent to an activating group) is 1. The molecule has 0 aromatic carbocycles. The van der Waals surface area contributed by atoms with Crippen molar-refractivity contribution >= 4 is 10.2 Å². The lowest BCUT2D eigenvalue weighted by Crippen LogP contribution is -2.51. The van der Waals surface area contributed by atoms with Gasteiger partial charge in [-0.25, -0.2) is 0 Å². The summed E-state index contributed by atoms with van der Waals surface area (Å²) in [6.45, 7) is 3.15. The highest BCUT2D eigenvalue weighted by atomic mass is 32.2. The summed E-state index contributed by atoms with van der Waals surface area (Å²) in [4.78, 5) is 2.38. The van der Waals surface area contributed by atoms with E-state index in [1.807, 2.05) is 0 Å². The summed E-state index contributed by atoms with van der Waals surface area (Å²) >= 11 is 0. The number of piperidine rings is 1. The van der Waals surface area contributed by atoms with E-state index >= 15 is 0 Å². The fraction of sp³-hybridized carbons (Fsp3) is 1.00. The Kier molecular flexibility index (Phi) is 4.57. The van der Waals surface area contributed by atoms with Crippen molar-refractivity contribution in [2.45, 2.75) is 44.2 Å². The van der Waals surface area contributed by atoms with Crippen LogP contribution in [0.5, 0.6) is 0 Å². The highest BCUT2D eigenvalue weighted by Crippen LogP contribution is 2.30. The maximum Gasteiger partial charge on any atom is 0.282 e. The van der Waals surface area contributed by atoms with Crippen molar-refractivity contribution in [1.29, 1.82) is 0 Å². The maximum absolute atomic E-state index is 12.9. The molecule has 122 valence electrons. The molecule has 3 aliphatic rings. The van der Waals surface area contributed by atoms with Gasteiger partial charge in [-0.1, -0.05) is 0 Å². The molecular weight excluding hydrogens is 288 g/mol. The molecule has 0 amide bonds. The van der Waals surface area contributed by atoms with Gasteiger partial charge in [-0.2, -0.15) is 17.0 Å². The first-order chi connectivity index (χ1) is 10.0. The quantitative estimate of drug-likeness (QED) is 0.800. The van der Waals surface area contributed by atoms with Crippen molar-refractivity contribution in [2.75, 3.05) is 39.8 Å². The third-order valence-corrected chi connectivity index (χ3v) is 7.55. The number of hydrogen-bond acceptors (Lipinski definition) is 4. The molecule has 0 saturated carbocycles. The summed E-state index contributed by atoms with van der Waals surface area (Å²) in [5, 5.41) is 0. The predicted octanol–water partition coefficient (Wildman–Crippen LogP) is 0.0704. The fourth-order valence-electron chi connectivity index (χ4n) is 4.08. The Morgan fingerprint density at radius 2 is 1.71 bits per heavy atom. The zero-order chi connectivity index (χ0) is 15.0. The summed E-state index contributed by atoms with van der Waals surface area (Å²) in [7, 11) is -1.17.